The van der Waals surface area contributed by atoms with Crippen molar-refractivity contribution in [2.24, 2.45) is 11.8 Å². The van der Waals surface area contributed by atoms with E-state index in [-0.39, 0.29) is 16.8 Å². The van der Waals surface area contributed by atoms with Crippen molar-refractivity contribution < 1.29 is 17.9 Å². The topological polar surface area (TPSA) is 75.7 Å². The fourth-order valence-electron chi connectivity index (χ4n) is 4.36. The van der Waals surface area contributed by atoms with Crippen LogP contribution in [-0.4, -0.2) is 52.1 Å². The first kappa shape index (κ1) is 20.3. The van der Waals surface area contributed by atoms with E-state index in [1.807, 2.05) is 4.90 Å². The molecule has 2 fully saturated rings. The number of carbonyl (C=O) groups excluding carboxylic acids is 1. The number of sulfonamides is 1. The maximum atomic E-state index is 12.8. The van der Waals surface area contributed by atoms with E-state index < -0.39 is 10.0 Å². The summed E-state index contributed by atoms with van der Waals surface area (Å²) in [4.78, 5) is 14.9. The molecule has 2 aliphatic rings. The van der Waals surface area contributed by atoms with Crippen molar-refractivity contribution in [2.45, 2.75) is 50.0 Å². The van der Waals surface area contributed by atoms with Crippen molar-refractivity contribution >= 4 is 15.9 Å². The molecule has 0 spiro atoms. The van der Waals surface area contributed by atoms with Gasteiger partial charge in [-0.1, -0.05) is 19.3 Å². The van der Waals surface area contributed by atoms with Crippen LogP contribution < -0.4 is 4.72 Å². The predicted octanol–water partition coefficient (Wildman–Crippen LogP) is 2.65. The SMILES string of the molecule is COC[C@H](C)NS(=O)(=O)c1ccc(C(=O)N2CC[C@H]3CCCC[C@@H]3C2)cc1. The van der Waals surface area contributed by atoms with Crippen molar-refractivity contribution in [2.75, 3.05) is 26.8 Å². The Kier molecular flexibility index (Phi) is 6.55. The molecule has 1 aliphatic carbocycles. The lowest BCUT2D eigenvalue weighted by molar-refractivity contribution is 0.0521. The molecule has 3 rings (SSSR count). The second-order valence-electron chi connectivity index (χ2n) is 7.85. The van der Waals surface area contributed by atoms with Crippen molar-refractivity contribution in [1.29, 1.82) is 0 Å². The number of methoxy groups -OCH3 is 1. The molecule has 1 N–H and O–H groups in total. The Labute approximate surface area is 162 Å². The Morgan fingerprint density at radius 1 is 1.19 bits per heavy atom. The largest absolute Gasteiger partial charge is 0.383 e. The van der Waals surface area contributed by atoms with Gasteiger partial charge in [0, 0.05) is 31.8 Å². The zero-order valence-corrected chi connectivity index (χ0v) is 17.0. The summed E-state index contributed by atoms with van der Waals surface area (Å²) in [6, 6.07) is 5.92. The smallest absolute Gasteiger partial charge is 0.253 e. The Morgan fingerprint density at radius 2 is 1.85 bits per heavy atom. The van der Waals surface area contributed by atoms with Gasteiger partial charge in [0.05, 0.1) is 11.5 Å². The number of piperidine rings is 1. The highest BCUT2D eigenvalue weighted by Crippen LogP contribution is 2.36. The number of nitrogens with one attached hydrogen (secondary N) is 1. The minimum Gasteiger partial charge on any atom is -0.383 e. The first-order valence-electron chi connectivity index (χ1n) is 9.81. The van der Waals surface area contributed by atoms with E-state index in [0.29, 0.717) is 18.1 Å². The fourth-order valence-corrected chi connectivity index (χ4v) is 5.59. The molecule has 1 heterocycles. The number of fused-ring (bicyclic) bond motifs is 1. The second kappa shape index (κ2) is 8.71. The van der Waals surface area contributed by atoms with Crippen molar-refractivity contribution in [1.82, 2.24) is 9.62 Å². The zero-order valence-electron chi connectivity index (χ0n) is 16.2. The molecule has 1 aromatic carbocycles. The molecule has 0 radical (unpaired) electrons. The summed E-state index contributed by atoms with van der Waals surface area (Å²) in [6.45, 7) is 3.68. The molecule has 150 valence electrons. The summed E-state index contributed by atoms with van der Waals surface area (Å²) < 4.78 is 32.3. The van der Waals surface area contributed by atoms with Crippen LogP contribution in [0.15, 0.2) is 29.2 Å². The van der Waals surface area contributed by atoms with Gasteiger partial charge in [-0.05, 0) is 55.9 Å². The normalized spacial score (nSPS) is 24.3. The molecule has 27 heavy (non-hydrogen) atoms. The standard InChI is InChI=1S/C20H30N2O4S/c1-15(14-26-2)21-27(24,25)19-9-7-17(8-10-19)20(23)22-12-11-16-5-3-4-6-18(16)13-22/h7-10,15-16,18,21H,3-6,11-14H2,1-2H3/t15-,16+,18+/m0/s1. The molecular formula is C20H30N2O4S. The first-order chi connectivity index (χ1) is 12.9. The van der Waals surface area contributed by atoms with E-state index >= 15 is 0 Å². The zero-order chi connectivity index (χ0) is 19.4. The number of benzene rings is 1. The number of amides is 1. The van der Waals surface area contributed by atoms with Crippen LogP contribution in [0.5, 0.6) is 0 Å². The van der Waals surface area contributed by atoms with Crippen LogP contribution >= 0.6 is 0 Å². The number of likely N-dealkylation sites (tertiary alicyclic amines) is 1. The number of hydrogen-bond donors (Lipinski definition) is 1. The minimum atomic E-state index is -3.62. The third-order valence-electron chi connectivity index (χ3n) is 5.76. The van der Waals surface area contributed by atoms with Crippen LogP contribution in [-0.2, 0) is 14.8 Å². The van der Waals surface area contributed by atoms with Gasteiger partial charge in [-0.15, -0.1) is 0 Å². The van der Waals surface area contributed by atoms with Gasteiger partial charge in [0.15, 0.2) is 0 Å². The lowest BCUT2D eigenvalue weighted by atomic mass is 9.75. The van der Waals surface area contributed by atoms with Crippen molar-refractivity contribution in [3.63, 3.8) is 0 Å². The molecule has 7 heteroatoms. The summed E-state index contributed by atoms with van der Waals surface area (Å²) in [5.74, 6) is 1.40. The minimum absolute atomic E-state index is 0.00341. The van der Waals surface area contributed by atoms with Crippen LogP contribution in [0, 0.1) is 11.8 Å². The lowest BCUT2D eigenvalue weighted by Gasteiger charge is -2.41. The Hall–Kier alpha value is -1.44. The van der Waals surface area contributed by atoms with Crippen LogP contribution in [0.3, 0.4) is 0 Å². The predicted molar refractivity (Wildman–Crippen MR) is 104 cm³/mol. The summed E-state index contributed by atoms with van der Waals surface area (Å²) in [7, 11) is -2.09. The maximum absolute atomic E-state index is 12.8. The monoisotopic (exact) mass is 394 g/mol. The molecular weight excluding hydrogens is 364 g/mol. The van der Waals surface area contributed by atoms with E-state index in [4.69, 9.17) is 4.74 Å². The molecule has 0 aromatic heterocycles. The van der Waals surface area contributed by atoms with Gasteiger partial charge >= 0.3 is 0 Å². The molecule has 6 nitrogen and oxygen atoms in total. The molecule has 3 atom stereocenters. The molecule has 1 saturated heterocycles. The van der Waals surface area contributed by atoms with Crippen LogP contribution in [0.4, 0.5) is 0 Å². The Morgan fingerprint density at radius 3 is 2.52 bits per heavy atom. The van der Waals surface area contributed by atoms with E-state index in [9.17, 15) is 13.2 Å². The number of ether oxygens (including phenoxy) is 1. The van der Waals surface area contributed by atoms with Crippen molar-refractivity contribution in [3.05, 3.63) is 29.8 Å². The van der Waals surface area contributed by atoms with Gasteiger partial charge in [-0.3, -0.25) is 4.79 Å². The first-order valence-corrected chi connectivity index (χ1v) is 11.3. The number of carbonyl (C=O) groups is 1. The van der Waals surface area contributed by atoms with Gasteiger partial charge in [0.2, 0.25) is 10.0 Å². The molecule has 0 bridgehead atoms. The quantitative estimate of drug-likeness (QED) is 0.805. The molecule has 0 unspecified atom stereocenters. The Bertz CT molecular complexity index is 748. The van der Waals surface area contributed by atoms with E-state index in [2.05, 4.69) is 4.72 Å². The number of nitrogens with zero attached hydrogens (tertiary/aromatic N) is 1. The number of rotatable bonds is 6. The molecule has 1 aromatic rings. The maximum Gasteiger partial charge on any atom is 0.253 e. The lowest BCUT2D eigenvalue weighted by Crippen LogP contribution is -2.44. The summed E-state index contributed by atoms with van der Waals surface area (Å²) in [5, 5.41) is 0. The van der Waals surface area contributed by atoms with Gasteiger partial charge in [0.25, 0.3) is 5.91 Å². The van der Waals surface area contributed by atoms with Gasteiger partial charge < -0.3 is 9.64 Å². The molecule has 1 amide bonds. The fraction of sp³-hybridized carbons (Fsp3) is 0.650. The van der Waals surface area contributed by atoms with E-state index in [1.54, 1.807) is 19.1 Å². The van der Waals surface area contributed by atoms with Crippen molar-refractivity contribution in [3.8, 4) is 0 Å². The Balaban J connectivity index is 1.65. The number of hydrogen-bond acceptors (Lipinski definition) is 4. The third kappa shape index (κ3) is 4.89. The van der Waals surface area contributed by atoms with Crippen LogP contribution in [0.2, 0.25) is 0 Å². The van der Waals surface area contributed by atoms with E-state index in [0.717, 1.165) is 25.4 Å². The van der Waals surface area contributed by atoms with Crippen LogP contribution in [0.25, 0.3) is 0 Å². The third-order valence-corrected chi connectivity index (χ3v) is 7.37. The average molecular weight is 395 g/mol. The van der Waals surface area contributed by atoms with Crippen LogP contribution in [0.1, 0.15) is 49.4 Å². The molecule has 1 aliphatic heterocycles. The highest BCUT2D eigenvalue weighted by molar-refractivity contribution is 7.89. The summed E-state index contributed by atoms with van der Waals surface area (Å²) in [6.07, 6.45) is 6.20. The average Bonchev–Trinajstić information content (AvgIpc) is 2.67. The molecule has 1 saturated carbocycles. The highest BCUT2D eigenvalue weighted by atomic mass is 32.2. The van der Waals surface area contributed by atoms with E-state index in [1.165, 1.54) is 44.9 Å². The van der Waals surface area contributed by atoms with Gasteiger partial charge in [-0.25, -0.2) is 13.1 Å². The van der Waals surface area contributed by atoms with Gasteiger partial charge in [-0.2, -0.15) is 0 Å². The second-order valence-corrected chi connectivity index (χ2v) is 9.56. The highest BCUT2D eigenvalue weighted by Gasteiger charge is 2.33. The summed E-state index contributed by atoms with van der Waals surface area (Å²) in [5.41, 5.74) is 0.549. The summed E-state index contributed by atoms with van der Waals surface area (Å²) >= 11 is 0. The van der Waals surface area contributed by atoms with Gasteiger partial charge in [0.1, 0.15) is 0 Å².